The van der Waals surface area contributed by atoms with Gasteiger partial charge in [-0.05, 0) is 54.2 Å². The second-order valence-corrected chi connectivity index (χ2v) is 10.6. The van der Waals surface area contributed by atoms with Crippen LogP contribution in [0, 0.1) is 11.8 Å². The van der Waals surface area contributed by atoms with Crippen molar-refractivity contribution in [3.05, 3.63) is 71.3 Å². The van der Waals surface area contributed by atoms with Gasteiger partial charge >= 0.3 is 0 Å². The summed E-state index contributed by atoms with van der Waals surface area (Å²) in [4.78, 5) is 12.3. The normalized spacial score (nSPS) is 17.2. The van der Waals surface area contributed by atoms with Crippen LogP contribution in [-0.4, -0.2) is 39.9 Å². The Kier molecular flexibility index (Phi) is 6.25. The van der Waals surface area contributed by atoms with Gasteiger partial charge in [0.15, 0.2) is 0 Å². The molecule has 0 radical (unpaired) electrons. The van der Waals surface area contributed by atoms with Gasteiger partial charge in [0, 0.05) is 17.7 Å². The Labute approximate surface area is 167 Å². The Morgan fingerprint density at radius 3 is 2.14 bits per heavy atom. The highest BCUT2D eigenvalue weighted by Crippen LogP contribution is 2.35. The smallest absolute Gasteiger partial charge is 0.263 e. The van der Waals surface area contributed by atoms with Crippen molar-refractivity contribution in [2.24, 2.45) is 0 Å². The Morgan fingerprint density at radius 1 is 1.00 bits per heavy atom. The standard InChI is InChI=1S/C23H26N2O2S/c1-28(2)16-14-23(15-17-28,22(26)25-27)24-18-21-12-10-20(11-13-21)9-8-19-6-4-3-5-7-19/h3-7,10-13,24,27H,1-2,14-18H2,(H,25,26). The zero-order valence-corrected chi connectivity index (χ0v) is 16.7. The topological polar surface area (TPSA) is 61.4 Å². The van der Waals surface area contributed by atoms with E-state index in [-0.39, 0.29) is 5.91 Å². The predicted molar refractivity (Wildman–Crippen MR) is 119 cm³/mol. The maximum absolute atomic E-state index is 12.3. The summed E-state index contributed by atoms with van der Waals surface area (Å²) in [6, 6.07) is 17.8. The maximum atomic E-state index is 12.3. The first kappa shape index (κ1) is 20.2. The molecule has 4 nitrogen and oxygen atoms in total. The Morgan fingerprint density at radius 2 is 1.57 bits per heavy atom. The molecule has 2 aromatic rings. The van der Waals surface area contributed by atoms with Crippen molar-refractivity contribution < 1.29 is 10.0 Å². The summed E-state index contributed by atoms with van der Waals surface area (Å²) in [7, 11) is -1.13. The van der Waals surface area contributed by atoms with Gasteiger partial charge in [0.1, 0.15) is 5.54 Å². The number of carbonyl (C=O) groups excluding carboxylic acids is 1. The van der Waals surface area contributed by atoms with E-state index in [0.29, 0.717) is 19.4 Å². The second kappa shape index (κ2) is 8.66. The van der Waals surface area contributed by atoms with Crippen LogP contribution >= 0.6 is 9.21 Å². The van der Waals surface area contributed by atoms with E-state index in [0.717, 1.165) is 28.2 Å². The maximum Gasteiger partial charge on any atom is 0.263 e. The molecule has 0 spiro atoms. The molecule has 0 atom stereocenters. The first-order chi connectivity index (χ1) is 13.4. The monoisotopic (exact) mass is 394 g/mol. The van der Waals surface area contributed by atoms with E-state index < -0.39 is 14.7 Å². The SMILES string of the molecule is C=S1(=C)CCC(NCc2ccc(C#Cc3ccccc3)cc2)(C(=O)NO)CC1. The van der Waals surface area contributed by atoms with E-state index in [4.69, 9.17) is 0 Å². The van der Waals surface area contributed by atoms with Crippen LogP contribution in [0.1, 0.15) is 29.5 Å². The van der Waals surface area contributed by atoms with Crippen molar-refractivity contribution in [3.63, 3.8) is 0 Å². The van der Waals surface area contributed by atoms with Gasteiger partial charge in [-0.2, -0.15) is 0 Å². The van der Waals surface area contributed by atoms with Crippen molar-refractivity contribution in [1.82, 2.24) is 10.8 Å². The molecule has 1 aliphatic rings. The Bertz CT molecular complexity index is 970. The lowest BCUT2D eigenvalue weighted by Gasteiger charge is -2.39. The summed E-state index contributed by atoms with van der Waals surface area (Å²) < 4.78 is 0. The highest BCUT2D eigenvalue weighted by atomic mass is 32.2. The van der Waals surface area contributed by atoms with Crippen LogP contribution in [0.15, 0.2) is 54.6 Å². The van der Waals surface area contributed by atoms with Gasteiger partial charge in [-0.15, -0.1) is 0 Å². The van der Waals surface area contributed by atoms with Crippen LogP contribution in [0.3, 0.4) is 0 Å². The molecule has 1 saturated heterocycles. The lowest BCUT2D eigenvalue weighted by atomic mass is 9.91. The van der Waals surface area contributed by atoms with Crippen LogP contribution in [0.2, 0.25) is 0 Å². The first-order valence-electron chi connectivity index (χ1n) is 9.23. The number of carbonyl (C=O) groups is 1. The van der Waals surface area contributed by atoms with Crippen LogP contribution in [0.5, 0.6) is 0 Å². The van der Waals surface area contributed by atoms with Gasteiger partial charge in [0.25, 0.3) is 5.91 Å². The summed E-state index contributed by atoms with van der Waals surface area (Å²) in [6.07, 6.45) is 1.25. The van der Waals surface area contributed by atoms with Crippen LogP contribution in [0.25, 0.3) is 0 Å². The summed E-state index contributed by atoms with van der Waals surface area (Å²) in [5.74, 6) is 15.9. The number of benzene rings is 2. The molecule has 1 heterocycles. The summed E-state index contributed by atoms with van der Waals surface area (Å²) >= 11 is 0. The summed E-state index contributed by atoms with van der Waals surface area (Å²) in [5, 5.41) is 12.6. The number of hydrogen-bond acceptors (Lipinski definition) is 3. The van der Waals surface area contributed by atoms with Gasteiger partial charge in [0.2, 0.25) is 0 Å². The fraction of sp³-hybridized carbons (Fsp3) is 0.261. The van der Waals surface area contributed by atoms with Crippen molar-refractivity contribution in [1.29, 1.82) is 0 Å². The third-order valence-corrected chi connectivity index (χ3v) is 7.31. The molecule has 1 fully saturated rings. The third kappa shape index (κ3) is 5.05. The van der Waals surface area contributed by atoms with Crippen molar-refractivity contribution in [3.8, 4) is 11.8 Å². The molecule has 3 N–H and O–H groups in total. The fourth-order valence-electron chi connectivity index (χ4n) is 3.24. The van der Waals surface area contributed by atoms with E-state index in [1.165, 1.54) is 0 Å². The zero-order chi connectivity index (χ0) is 20.0. The quantitative estimate of drug-likeness (QED) is 0.323. The van der Waals surface area contributed by atoms with Crippen molar-refractivity contribution in [2.45, 2.75) is 24.9 Å². The molecule has 146 valence electrons. The molecule has 3 rings (SSSR count). The number of amides is 1. The van der Waals surface area contributed by atoms with E-state index in [2.05, 4.69) is 28.9 Å². The van der Waals surface area contributed by atoms with Crippen molar-refractivity contribution in [2.75, 3.05) is 11.5 Å². The number of nitrogens with one attached hydrogen (secondary N) is 2. The minimum Gasteiger partial charge on any atom is -0.299 e. The van der Waals surface area contributed by atoms with Crippen LogP contribution < -0.4 is 10.8 Å². The van der Waals surface area contributed by atoms with E-state index in [9.17, 15) is 10.0 Å². The molecule has 0 aliphatic carbocycles. The van der Waals surface area contributed by atoms with E-state index in [1.54, 1.807) is 0 Å². The zero-order valence-electron chi connectivity index (χ0n) is 15.9. The van der Waals surface area contributed by atoms with E-state index in [1.807, 2.05) is 60.1 Å². The highest BCUT2D eigenvalue weighted by molar-refractivity contribution is 8.27. The Balaban J connectivity index is 1.66. The molecule has 0 saturated carbocycles. The average molecular weight is 395 g/mol. The highest BCUT2D eigenvalue weighted by Gasteiger charge is 2.40. The first-order valence-corrected chi connectivity index (χ1v) is 11.5. The average Bonchev–Trinajstić information content (AvgIpc) is 2.73. The number of hydroxylamine groups is 1. The molecule has 5 heteroatoms. The third-order valence-electron chi connectivity index (χ3n) is 5.17. The van der Waals surface area contributed by atoms with Gasteiger partial charge in [-0.25, -0.2) is 14.7 Å². The minimum absolute atomic E-state index is 0.382. The van der Waals surface area contributed by atoms with Crippen LogP contribution in [-0.2, 0) is 11.3 Å². The van der Waals surface area contributed by atoms with Gasteiger partial charge in [-0.3, -0.25) is 15.3 Å². The van der Waals surface area contributed by atoms with Crippen LogP contribution in [0.4, 0.5) is 0 Å². The van der Waals surface area contributed by atoms with Gasteiger partial charge in [0.05, 0.1) is 0 Å². The molecule has 1 amide bonds. The van der Waals surface area contributed by atoms with Crippen molar-refractivity contribution >= 4 is 26.9 Å². The molecule has 0 unspecified atom stereocenters. The molecule has 28 heavy (non-hydrogen) atoms. The number of rotatable bonds is 4. The molecular formula is C23H26N2O2S. The largest absolute Gasteiger partial charge is 0.299 e. The Hall–Kier alpha value is -2.52. The van der Waals surface area contributed by atoms with E-state index >= 15 is 0 Å². The minimum atomic E-state index is -1.13. The van der Waals surface area contributed by atoms with Gasteiger partial charge < -0.3 is 0 Å². The van der Waals surface area contributed by atoms with Gasteiger partial charge in [-0.1, -0.05) is 53.9 Å². The summed E-state index contributed by atoms with van der Waals surface area (Å²) in [5.41, 5.74) is 4.04. The predicted octanol–water partition coefficient (Wildman–Crippen LogP) is 2.88. The lowest BCUT2D eigenvalue weighted by molar-refractivity contribution is -0.136. The molecule has 2 aromatic carbocycles. The number of hydrogen-bond donors (Lipinski definition) is 3. The molecular weight excluding hydrogens is 368 g/mol. The molecule has 0 bridgehead atoms. The lowest BCUT2D eigenvalue weighted by Crippen LogP contribution is -2.58. The fourth-order valence-corrected chi connectivity index (χ4v) is 5.01. The summed E-state index contributed by atoms with van der Waals surface area (Å²) in [6.45, 7) is 0.538. The second-order valence-electron chi connectivity index (χ2n) is 7.32. The molecule has 1 aliphatic heterocycles. The molecule has 0 aromatic heterocycles.